The molecule has 0 aliphatic carbocycles. The number of rotatable bonds is 10. The van der Waals surface area contributed by atoms with Gasteiger partial charge in [0.25, 0.3) is 5.91 Å². The number of anilines is 2. The first-order chi connectivity index (χ1) is 14.4. The van der Waals surface area contributed by atoms with Crippen molar-refractivity contribution in [3.63, 3.8) is 0 Å². The van der Waals surface area contributed by atoms with Gasteiger partial charge in [-0.05, 0) is 55.7 Å². The van der Waals surface area contributed by atoms with Crippen LogP contribution in [0.3, 0.4) is 0 Å². The quantitative estimate of drug-likeness (QED) is 0.525. The van der Waals surface area contributed by atoms with Gasteiger partial charge in [0, 0.05) is 35.7 Å². The molecule has 30 heavy (non-hydrogen) atoms. The predicted molar refractivity (Wildman–Crippen MR) is 122 cm³/mol. The Bertz CT molecular complexity index is 912. The number of aliphatic hydroxyl groups is 1. The van der Waals surface area contributed by atoms with Gasteiger partial charge in [0.2, 0.25) is 0 Å². The molecule has 6 nitrogen and oxygen atoms in total. The van der Waals surface area contributed by atoms with E-state index < -0.39 is 6.23 Å². The fourth-order valence-corrected chi connectivity index (χ4v) is 3.68. The molecule has 0 bridgehead atoms. The number of aliphatic hydroxyl groups excluding tert-OH is 1. The van der Waals surface area contributed by atoms with Crippen LogP contribution in [0.15, 0.2) is 54.7 Å². The number of carbonyl (C=O) groups excluding carboxylic acids is 1. The van der Waals surface area contributed by atoms with E-state index in [2.05, 4.69) is 35.1 Å². The summed E-state index contributed by atoms with van der Waals surface area (Å²) in [6.45, 7) is 12.5. The van der Waals surface area contributed by atoms with E-state index in [9.17, 15) is 9.90 Å². The Balaban J connectivity index is 1.58. The van der Waals surface area contributed by atoms with Crippen LogP contribution in [0, 0.1) is 0 Å². The zero-order valence-electron chi connectivity index (χ0n) is 18.1. The molecular weight excluding hydrogens is 376 g/mol. The number of carbonyl (C=O) groups is 1. The van der Waals surface area contributed by atoms with E-state index in [0.29, 0.717) is 18.8 Å². The van der Waals surface area contributed by atoms with Crippen molar-refractivity contribution in [3.05, 3.63) is 71.4 Å². The first-order valence-corrected chi connectivity index (χ1v) is 10.5. The molecule has 3 N–H and O–H groups in total. The highest BCUT2D eigenvalue weighted by Crippen LogP contribution is 2.33. The normalized spacial score (nSPS) is 13.1. The Morgan fingerprint density at radius 3 is 2.70 bits per heavy atom. The van der Waals surface area contributed by atoms with Gasteiger partial charge in [-0.1, -0.05) is 31.7 Å². The first-order valence-electron chi connectivity index (χ1n) is 10.5. The maximum atomic E-state index is 12.7. The third-order valence-corrected chi connectivity index (χ3v) is 5.57. The Kier molecular flexibility index (Phi) is 7.00. The first kappa shape index (κ1) is 21.7. The molecule has 0 saturated carbocycles. The molecule has 160 valence electrons. The molecule has 0 saturated heterocycles. The van der Waals surface area contributed by atoms with Crippen LogP contribution in [-0.4, -0.2) is 41.9 Å². The molecule has 3 rings (SSSR count). The van der Waals surface area contributed by atoms with Crippen molar-refractivity contribution >= 4 is 17.3 Å². The number of nitrogens with one attached hydrogen (secondary N) is 2. The zero-order chi connectivity index (χ0) is 21.7. The minimum absolute atomic E-state index is 0.164. The van der Waals surface area contributed by atoms with Gasteiger partial charge in [0.1, 0.15) is 6.23 Å². The lowest BCUT2D eigenvalue weighted by Gasteiger charge is -2.39. The molecule has 1 amide bonds. The summed E-state index contributed by atoms with van der Waals surface area (Å²) in [7, 11) is 0. The zero-order valence-corrected chi connectivity index (χ0v) is 18.1. The molecule has 0 spiro atoms. The summed E-state index contributed by atoms with van der Waals surface area (Å²) < 4.78 is 0. The summed E-state index contributed by atoms with van der Waals surface area (Å²) in [6.07, 6.45) is 0.00946. The number of aryl methyl sites for hydroxylation is 1. The van der Waals surface area contributed by atoms with Crippen LogP contribution in [0.2, 0.25) is 0 Å². The number of hydrogen-bond acceptors (Lipinski definition) is 5. The molecule has 0 radical (unpaired) electrons. The second-order valence-electron chi connectivity index (χ2n) is 7.60. The van der Waals surface area contributed by atoms with E-state index in [1.807, 2.05) is 55.1 Å². The molecule has 1 unspecified atom stereocenters. The van der Waals surface area contributed by atoms with Crippen molar-refractivity contribution in [2.24, 2.45) is 0 Å². The van der Waals surface area contributed by atoms with Gasteiger partial charge in [0.05, 0.1) is 13.2 Å². The Hall–Kier alpha value is -2.99. The molecule has 6 heteroatoms. The Morgan fingerprint density at radius 2 is 2.03 bits per heavy atom. The maximum Gasteiger partial charge on any atom is 0.251 e. The Morgan fingerprint density at radius 1 is 1.27 bits per heavy atom. The summed E-state index contributed by atoms with van der Waals surface area (Å²) >= 11 is 0. The molecule has 1 atom stereocenters. The standard InChI is InChI=1S/C24H32N4O2/c1-5-18-13-20(26-16-27(6-2)17(3)4)11-12-21(18)24(30)25-14-23(29)28-15-19-9-7-8-10-22(19)28/h7-13,23,26,29H,3,5-6,14-16H2,1-2,4H3,(H,25,30). The SMILES string of the molecule is C=C(C)N(CC)CNc1ccc(C(=O)NCC(O)N2Cc3ccccc32)c(CC)c1. The molecule has 1 heterocycles. The fraction of sp³-hybridized carbons (Fsp3) is 0.375. The largest absolute Gasteiger partial charge is 0.372 e. The van der Waals surface area contributed by atoms with Crippen molar-refractivity contribution < 1.29 is 9.90 Å². The second-order valence-corrected chi connectivity index (χ2v) is 7.60. The van der Waals surface area contributed by atoms with E-state index in [4.69, 9.17) is 0 Å². The highest BCUT2D eigenvalue weighted by molar-refractivity contribution is 5.96. The van der Waals surface area contributed by atoms with Crippen molar-refractivity contribution in [1.29, 1.82) is 0 Å². The average molecular weight is 409 g/mol. The average Bonchev–Trinajstić information content (AvgIpc) is 2.73. The monoisotopic (exact) mass is 408 g/mol. The number of para-hydroxylation sites is 1. The second kappa shape index (κ2) is 9.67. The molecule has 0 fully saturated rings. The number of benzene rings is 2. The van der Waals surface area contributed by atoms with Gasteiger partial charge in [-0.3, -0.25) is 4.79 Å². The maximum absolute atomic E-state index is 12.7. The highest BCUT2D eigenvalue weighted by atomic mass is 16.3. The van der Waals surface area contributed by atoms with Crippen LogP contribution in [0.4, 0.5) is 11.4 Å². The minimum Gasteiger partial charge on any atom is -0.372 e. The lowest BCUT2D eigenvalue weighted by atomic mass is 10.0. The van der Waals surface area contributed by atoms with Gasteiger partial charge < -0.3 is 25.5 Å². The van der Waals surface area contributed by atoms with Crippen molar-refractivity contribution in [2.75, 3.05) is 30.0 Å². The smallest absolute Gasteiger partial charge is 0.251 e. The van der Waals surface area contributed by atoms with E-state index >= 15 is 0 Å². The van der Waals surface area contributed by atoms with Crippen molar-refractivity contribution in [3.8, 4) is 0 Å². The van der Waals surface area contributed by atoms with Crippen LogP contribution in [-0.2, 0) is 13.0 Å². The van der Waals surface area contributed by atoms with Gasteiger partial charge in [-0.25, -0.2) is 0 Å². The fourth-order valence-electron chi connectivity index (χ4n) is 3.68. The van der Waals surface area contributed by atoms with Gasteiger partial charge in [0.15, 0.2) is 0 Å². The molecule has 0 aromatic heterocycles. The number of hydrogen-bond donors (Lipinski definition) is 3. The van der Waals surface area contributed by atoms with E-state index in [1.165, 1.54) is 5.56 Å². The molecule has 1 aliphatic rings. The topological polar surface area (TPSA) is 67.8 Å². The number of fused-ring (bicyclic) bond motifs is 1. The van der Waals surface area contributed by atoms with Crippen molar-refractivity contribution in [1.82, 2.24) is 10.2 Å². The Labute approximate surface area is 179 Å². The van der Waals surface area contributed by atoms with E-state index in [0.717, 1.165) is 35.6 Å². The lowest BCUT2D eigenvalue weighted by Crippen LogP contribution is -2.48. The van der Waals surface area contributed by atoms with Gasteiger partial charge in [-0.2, -0.15) is 0 Å². The van der Waals surface area contributed by atoms with Crippen LogP contribution in [0.5, 0.6) is 0 Å². The van der Waals surface area contributed by atoms with Gasteiger partial charge >= 0.3 is 0 Å². The summed E-state index contributed by atoms with van der Waals surface area (Å²) in [5.41, 5.74) is 5.85. The van der Waals surface area contributed by atoms with Crippen molar-refractivity contribution in [2.45, 2.75) is 40.0 Å². The van der Waals surface area contributed by atoms with Crippen LogP contribution in [0.25, 0.3) is 0 Å². The van der Waals surface area contributed by atoms with E-state index in [1.54, 1.807) is 0 Å². The number of amides is 1. The van der Waals surface area contributed by atoms with Crippen LogP contribution >= 0.6 is 0 Å². The number of allylic oxidation sites excluding steroid dienone is 1. The minimum atomic E-state index is -0.739. The lowest BCUT2D eigenvalue weighted by molar-refractivity contribution is 0.0908. The summed E-state index contributed by atoms with van der Waals surface area (Å²) in [5, 5.41) is 16.7. The molecule has 2 aromatic carbocycles. The van der Waals surface area contributed by atoms with E-state index in [-0.39, 0.29) is 12.5 Å². The predicted octanol–water partition coefficient (Wildman–Crippen LogP) is 3.54. The van der Waals surface area contributed by atoms with Gasteiger partial charge in [-0.15, -0.1) is 0 Å². The molecule has 1 aliphatic heterocycles. The third-order valence-electron chi connectivity index (χ3n) is 5.57. The molecular formula is C24H32N4O2. The molecule has 2 aromatic rings. The summed E-state index contributed by atoms with van der Waals surface area (Å²) in [4.78, 5) is 16.8. The highest BCUT2D eigenvalue weighted by Gasteiger charge is 2.27. The third kappa shape index (κ3) is 4.76. The number of nitrogens with zero attached hydrogens (tertiary/aromatic N) is 2. The van der Waals surface area contributed by atoms with Crippen LogP contribution < -0.4 is 15.5 Å². The summed E-state index contributed by atoms with van der Waals surface area (Å²) in [6, 6.07) is 13.8. The summed E-state index contributed by atoms with van der Waals surface area (Å²) in [5.74, 6) is -0.164. The van der Waals surface area contributed by atoms with Crippen LogP contribution in [0.1, 0.15) is 42.3 Å².